The van der Waals surface area contributed by atoms with E-state index in [-0.39, 0.29) is 45.7 Å². The molecule has 2 heterocycles. The number of rotatable bonds is 5. The van der Waals surface area contributed by atoms with Gasteiger partial charge in [-0.1, -0.05) is 6.07 Å². The van der Waals surface area contributed by atoms with Crippen molar-refractivity contribution in [2.45, 2.75) is 0 Å². The van der Waals surface area contributed by atoms with E-state index in [0.717, 1.165) is 4.68 Å². The normalized spacial score (nSPS) is 10.4. The molecule has 0 radical (unpaired) electrons. The second-order valence-electron chi connectivity index (χ2n) is 7.07. The Morgan fingerprint density at radius 1 is 1.15 bits per heavy atom. The Bertz CT molecular complexity index is 1420. The maximum absolute atomic E-state index is 13.3. The molecular weight excluding hydrogens is 436 g/mol. The summed E-state index contributed by atoms with van der Waals surface area (Å²) in [5.74, 6) is -0.983. The van der Waals surface area contributed by atoms with E-state index in [1.807, 2.05) is 6.07 Å². The average Bonchev–Trinajstić information content (AvgIpc) is 3.21. The zero-order valence-corrected chi connectivity index (χ0v) is 17.9. The number of nitrogens with one attached hydrogen (secondary N) is 1. The van der Waals surface area contributed by atoms with Crippen molar-refractivity contribution in [3.63, 3.8) is 0 Å². The Morgan fingerprint density at radius 3 is 2.56 bits per heavy atom. The van der Waals surface area contributed by atoms with Gasteiger partial charge >= 0.3 is 0 Å². The molecule has 0 saturated heterocycles. The Hall–Kier alpha value is -5.17. The van der Waals surface area contributed by atoms with Gasteiger partial charge in [-0.15, -0.1) is 5.10 Å². The molecule has 0 spiro atoms. The topological polar surface area (TPSA) is 156 Å². The van der Waals surface area contributed by atoms with Crippen LogP contribution in [0.15, 0.2) is 66.9 Å². The number of carbonyl (C=O) groups excluding carboxylic acids is 2. The summed E-state index contributed by atoms with van der Waals surface area (Å²) in [6, 6.07) is 17.5. The molecule has 0 unspecified atom stereocenters. The van der Waals surface area contributed by atoms with Gasteiger partial charge in [0.05, 0.1) is 12.8 Å². The van der Waals surface area contributed by atoms with Crippen molar-refractivity contribution in [2.24, 2.45) is 0 Å². The fourth-order valence-electron chi connectivity index (χ4n) is 3.29. The highest BCUT2D eigenvalue weighted by Crippen LogP contribution is 2.34. The van der Waals surface area contributed by atoms with Crippen LogP contribution in [0.3, 0.4) is 0 Å². The number of pyridine rings is 1. The van der Waals surface area contributed by atoms with Crippen LogP contribution in [0.25, 0.3) is 11.3 Å². The molecule has 0 fully saturated rings. The van der Waals surface area contributed by atoms with E-state index >= 15 is 0 Å². The molecule has 34 heavy (non-hydrogen) atoms. The third kappa shape index (κ3) is 4.13. The highest BCUT2D eigenvalue weighted by atomic mass is 16.5. The molecule has 4 aromatic rings. The van der Waals surface area contributed by atoms with Crippen molar-refractivity contribution in [1.82, 2.24) is 14.8 Å². The molecule has 0 bridgehead atoms. The number of nitrogen functional groups attached to an aromatic ring is 1. The smallest absolute Gasteiger partial charge is 0.278 e. The zero-order chi connectivity index (χ0) is 24.2. The number of hydrogen-bond acceptors (Lipinski definition) is 8. The Kier molecular flexibility index (Phi) is 5.92. The number of benzene rings is 2. The highest BCUT2D eigenvalue weighted by molar-refractivity contribution is 6.03. The summed E-state index contributed by atoms with van der Waals surface area (Å²) in [6.45, 7) is 0. The number of hydrogen-bond donors (Lipinski definition) is 3. The van der Waals surface area contributed by atoms with E-state index < -0.39 is 5.91 Å². The van der Waals surface area contributed by atoms with Crippen molar-refractivity contribution in [1.29, 1.82) is 5.26 Å². The standard InChI is InChI=1S/C24H18N6O4/c1-34-20-12-15(7-10-19(20)31)21-17(13-25)22(26)29-30(21)24(33)14-5-8-16(9-6-14)28-23(32)18-4-2-3-11-27-18/h2-12,31H,1H3,(H2,26,29)(H,28,32). The SMILES string of the molecule is COc1cc(-c2c(C#N)c(N)nn2C(=O)c2ccc(NC(=O)c3ccccn3)cc2)ccc1O. The minimum Gasteiger partial charge on any atom is -0.504 e. The van der Waals surface area contributed by atoms with Gasteiger partial charge in [-0.25, -0.2) is 0 Å². The lowest BCUT2D eigenvalue weighted by Crippen LogP contribution is -2.16. The van der Waals surface area contributed by atoms with Gasteiger partial charge in [-0.2, -0.15) is 9.94 Å². The van der Waals surface area contributed by atoms with Gasteiger partial charge in [0.2, 0.25) is 0 Å². The fourth-order valence-corrected chi connectivity index (χ4v) is 3.29. The number of methoxy groups -OCH3 is 1. The molecule has 168 valence electrons. The van der Waals surface area contributed by atoms with Crippen LogP contribution in [-0.4, -0.2) is 38.8 Å². The van der Waals surface area contributed by atoms with Crippen LogP contribution in [0.2, 0.25) is 0 Å². The van der Waals surface area contributed by atoms with Crippen molar-refractivity contribution in [3.05, 3.63) is 83.7 Å². The maximum atomic E-state index is 13.3. The van der Waals surface area contributed by atoms with Crippen LogP contribution < -0.4 is 15.8 Å². The number of nitrogens with two attached hydrogens (primary N) is 1. The van der Waals surface area contributed by atoms with E-state index in [1.165, 1.54) is 43.6 Å². The number of phenolic OH excluding ortho intramolecular Hbond substituents is 1. The first-order chi connectivity index (χ1) is 16.4. The van der Waals surface area contributed by atoms with Gasteiger partial charge in [0, 0.05) is 23.0 Å². The summed E-state index contributed by atoms with van der Waals surface area (Å²) in [6.07, 6.45) is 1.52. The van der Waals surface area contributed by atoms with Crippen molar-refractivity contribution < 1.29 is 19.4 Å². The molecule has 0 atom stereocenters. The van der Waals surface area contributed by atoms with Gasteiger partial charge in [-0.3, -0.25) is 14.6 Å². The number of phenols is 1. The average molecular weight is 454 g/mol. The number of nitrogens with zero attached hydrogens (tertiary/aromatic N) is 4. The first kappa shape index (κ1) is 22.0. The molecule has 1 amide bonds. The summed E-state index contributed by atoms with van der Waals surface area (Å²) in [5.41, 5.74) is 7.45. The molecule has 10 nitrogen and oxygen atoms in total. The van der Waals surface area contributed by atoms with Gasteiger partial charge in [-0.05, 0) is 54.6 Å². The number of carbonyl (C=O) groups is 2. The number of aromatic hydroxyl groups is 1. The number of amides is 1. The van der Waals surface area contributed by atoms with Crippen LogP contribution in [-0.2, 0) is 0 Å². The lowest BCUT2D eigenvalue weighted by Gasteiger charge is -2.10. The Morgan fingerprint density at radius 2 is 1.91 bits per heavy atom. The van der Waals surface area contributed by atoms with Crippen LogP contribution >= 0.6 is 0 Å². The second kappa shape index (κ2) is 9.13. The lowest BCUT2D eigenvalue weighted by molar-refractivity contribution is 0.0947. The zero-order valence-electron chi connectivity index (χ0n) is 17.9. The third-order valence-electron chi connectivity index (χ3n) is 4.96. The van der Waals surface area contributed by atoms with E-state index in [1.54, 1.807) is 30.3 Å². The first-order valence-corrected chi connectivity index (χ1v) is 9.96. The molecule has 0 aliphatic rings. The van der Waals surface area contributed by atoms with E-state index in [2.05, 4.69) is 15.4 Å². The number of anilines is 2. The molecule has 4 rings (SSSR count). The predicted molar refractivity (Wildman–Crippen MR) is 123 cm³/mol. The van der Waals surface area contributed by atoms with Gasteiger partial charge < -0.3 is 20.9 Å². The number of nitriles is 1. The van der Waals surface area contributed by atoms with Crippen LogP contribution in [0, 0.1) is 11.3 Å². The molecule has 10 heteroatoms. The Balaban J connectivity index is 1.66. The monoisotopic (exact) mass is 454 g/mol. The molecule has 0 aliphatic heterocycles. The predicted octanol–water partition coefficient (Wildman–Crippen LogP) is 3.05. The van der Waals surface area contributed by atoms with Gasteiger partial charge in [0.15, 0.2) is 17.3 Å². The third-order valence-corrected chi connectivity index (χ3v) is 4.96. The summed E-state index contributed by atoms with van der Waals surface area (Å²) in [5, 5.41) is 26.3. The number of aromatic nitrogens is 3. The van der Waals surface area contributed by atoms with Crippen molar-refractivity contribution in [3.8, 4) is 28.8 Å². The minimum absolute atomic E-state index is 0.0142. The van der Waals surface area contributed by atoms with E-state index in [4.69, 9.17) is 10.5 Å². The number of ether oxygens (including phenoxy) is 1. The molecule has 0 saturated carbocycles. The minimum atomic E-state index is -0.544. The maximum Gasteiger partial charge on any atom is 0.278 e. The largest absolute Gasteiger partial charge is 0.504 e. The van der Waals surface area contributed by atoms with Gasteiger partial charge in [0.25, 0.3) is 11.8 Å². The quantitative estimate of drug-likeness (QED) is 0.415. The Labute approximate surface area is 193 Å². The summed E-state index contributed by atoms with van der Waals surface area (Å²) in [7, 11) is 1.38. The van der Waals surface area contributed by atoms with Crippen LogP contribution in [0.1, 0.15) is 26.4 Å². The summed E-state index contributed by atoms with van der Waals surface area (Å²) < 4.78 is 6.16. The van der Waals surface area contributed by atoms with E-state index in [0.29, 0.717) is 11.3 Å². The van der Waals surface area contributed by atoms with Crippen LogP contribution in [0.4, 0.5) is 11.5 Å². The second-order valence-corrected chi connectivity index (χ2v) is 7.07. The lowest BCUT2D eigenvalue weighted by atomic mass is 10.1. The highest BCUT2D eigenvalue weighted by Gasteiger charge is 2.24. The molecule has 2 aromatic heterocycles. The molecule has 4 N–H and O–H groups in total. The fraction of sp³-hybridized carbons (Fsp3) is 0.0417. The molecular formula is C24H18N6O4. The summed E-state index contributed by atoms with van der Waals surface area (Å²) >= 11 is 0. The van der Waals surface area contributed by atoms with E-state index in [9.17, 15) is 20.0 Å². The molecule has 0 aliphatic carbocycles. The summed E-state index contributed by atoms with van der Waals surface area (Å²) in [4.78, 5) is 29.5. The first-order valence-electron chi connectivity index (χ1n) is 9.96. The van der Waals surface area contributed by atoms with Crippen molar-refractivity contribution in [2.75, 3.05) is 18.2 Å². The van der Waals surface area contributed by atoms with Crippen molar-refractivity contribution >= 4 is 23.3 Å². The van der Waals surface area contributed by atoms with Gasteiger partial charge in [0.1, 0.15) is 17.3 Å². The molecule has 2 aromatic carbocycles. The van der Waals surface area contributed by atoms with Crippen LogP contribution in [0.5, 0.6) is 11.5 Å².